The molecule has 5 heteroatoms. The number of carbonyl (C=O) groups is 2. The van der Waals surface area contributed by atoms with Crippen molar-refractivity contribution < 1.29 is 24.2 Å². The van der Waals surface area contributed by atoms with E-state index in [0.717, 1.165) is 44.0 Å². The van der Waals surface area contributed by atoms with Gasteiger partial charge in [0.15, 0.2) is 11.9 Å². The lowest BCUT2D eigenvalue weighted by Gasteiger charge is -2.41. The highest BCUT2D eigenvalue weighted by molar-refractivity contribution is 5.69. The second kappa shape index (κ2) is 7.00. The largest absolute Gasteiger partial charge is 0.458 e. The molecule has 152 valence electrons. The SMILES string of the molecule is CC(=O)O[C@H]1/C=C(\C)CC[C@@H]2[C@](C)(CC[C@@]2(O)C(C)C)C[C@@H]2O[C@@]2(C=O)C1. The van der Waals surface area contributed by atoms with E-state index in [-0.39, 0.29) is 29.3 Å². The molecule has 3 aliphatic rings. The smallest absolute Gasteiger partial charge is 0.303 e. The molecule has 0 amide bonds. The fourth-order valence-electron chi connectivity index (χ4n) is 5.61. The van der Waals surface area contributed by atoms with Crippen LogP contribution in [0.5, 0.6) is 0 Å². The van der Waals surface area contributed by atoms with Gasteiger partial charge in [-0.3, -0.25) is 4.79 Å². The molecule has 0 spiro atoms. The Balaban J connectivity index is 1.94. The molecule has 1 saturated carbocycles. The Bertz CT molecular complexity index is 641. The zero-order chi connectivity index (χ0) is 20.0. The monoisotopic (exact) mass is 378 g/mol. The Morgan fingerprint density at radius 1 is 1.37 bits per heavy atom. The molecule has 3 rings (SSSR count). The number of aldehydes is 1. The number of ether oxygens (including phenoxy) is 2. The minimum Gasteiger partial charge on any atom is -0.458 e. The first-order chi connectivity index (χ1) is 12.5. The molecule has 2 aliphatic carbocycles. The number of hydrogen-bond acceptors (Lipinski definition) is 5. The summed E-state index contributed by atoms with van der Waals surface area (Å²) in [5.74, 6) is -0.00848. The predicted octanol–water partition coefficient (Wildman–Crippen LogP) is 3.58. The molecule has 1 heterocycles. The number of hydrogen-bond donors (Lipinski definition) is 1. The lowest BCUT2D eigenvalue weighted by Crippen LogP contribution is -2.44. The van der Waals surface area contributed by atoms with Gasteiger partial charge in [0.25, 0.3) is 0 Å². The summed E-state index contributed by atoms with van der Waals surface area (Å²) in [6, 6.07) is 0. The Labute approximate surface area is 162 Å². The first-order valence-corrected chi connectivity index (χ1v) is 10.3. The molecule has 2 fully saturated rings. The van der Waals surface area contributed by atoms with Crippen molar-refractivity contribution in [2.24, 2.45) is 17.3 Å². The minimum absolute atomic E-state index is 0.0595. The van der Waals surface area contributed by atoms with Crippen molar-refractivity contribution in [2.45, 2.75) is 96.6 Å². The number of aliphatic hydroxyl groups is 1. The van der Waals surface area contributed by atoms with E-state index in [1.165, 1.54) is 6.92 Å². The Morgan fingerprint density at radius 2 is 2.07 bits per heavy atom. The van der Waals surface area contributed by atoms with Crippen LogP contribution in [-0.2, 0) is 19.1 Å². The van der Waals surface area contributed by atoms with E-state index in [1.807, 2.05) is 13.0 Å². The third-order valence-corrected chi connectivity index (χ3v) is 7.38. The van der Waals surface area contributed by atoms with Crippen LogP contribution in [0.2, 0.25) is 0 Å². The van der Waals surface area contributed by atoms with Gasteiger partial charge in [-0.25, -0.2) is 0 Å². The third kappa shape index (κ3) is 3.73. The average molecular weight is 379 g/mol. The van der Waals surface area contributed by atoms with Gasteiger partial charge >= 0.3 is 5.97 Å². The van der Waals surface area contributed by atoms with Crippen LogP contribution in [0.4, 0.5) is 0 Å². The van der Waals surface area contributed by atoms with Crippen LogP contribution in [0.1, 0.15) is 73.1 Å². The molecule has 1 saturated heterocycles. The molecule has 0 unspecified atom stereocenters. The van der Waals surface area contributed by atoms with Gasteiger partial charge in [-0.05, 0) is 62.4 Å². The Kier molecular flexibility index (Phi) is 5.32. The highest BCUT2D eigenvalue weighted by Crippen LogP contribution is 2.59. The second-order valence-electron chi connectivity index (χ2n) is 9.64. The molecule has 6 atom stereocenters. The van der Waals surface area contributed by atoms with Gasteiger partial charge in [-0.2, -0.15) is 0 Å². The zero-order valence-corrected chi connectivity index (χ0v) is 17.3. The molecule has 27 heavy (non-hydrogen) atoms. The number of rotatable bonds is 3. The zero-order valence-electron chi connectivity index (χ0n) is 17.3. The standard InChI is InChI=1S/C22H34O5/c1-14(2)22(25)9-8-20(5)12-19-21(13-23,27-19)11-17(26-16(4)24)10-15(3)6-7-18(20)22/h10,13-14,17-19,25H,6-9,11-12H2,1-5H3/b15-10+/t17-,18+,19-,20+,21+,22+/m0/s1. The van der Waals surface area contributed by atoms with Gasteiger partial charge in [-0.1, -0.05) is 26.3 Å². The van der Waals surface area contributed by atoms with E-state index in [2.05, 4.69) is 20.8 Å². The number of allylic oxidation sites excluding steroid dienone is 1. The summed E-state index contributed by atoms with van der Waals surface area (Å²) >= 11 is 0. The van der Waals surface area contributed by atoms with Crippen molar-refractivity contribution >= 4 is 12.3 Å². The van der Waals surface area contributed by atoms with E-state index in [9.17, 15) is 14.7 Å². The molecular weight excluding hydrogens is 344 g/mol. The molecule has 0 aromatic heterocycles. The van der Waals surface area contributed by atoms with Gasteiger partial charge in [0.2, 0.25) is 0 Å². The van der Waals surface area contributed by atoms with E-state index in [1.54, 1.807) is 0 Å². The average Bonchev–Trinajstić information content (AvgIpc) is 3.15. The highest BCUT2D eigenvalue weighted by atomic mass is 16.6. The van der Waals surface area contributed by atoms with Crippen molar-refractivity contribution in [1.29, 1.82) is 0 Å². The van der Waals surface area contributed by atoms with Crippen LogP contribution < -0.4 is 0 Å². The van der Waals surface area contributed by atoms with Gasteiger partial charge < -0.3 is 19.4 Å². The van der Waals surface area contributed by atoms with Gasteiger partial charge in [-0.15, -0.1) is 0 Å². The van der Waals surface area contributed by atoms with Crippen LogP contribution >= 0.6 is 0 Å². The van der Waals surface area contributed by atoms with Crippen molar-refractivity contribution in [3.8, 4) is 0 Å². The fraction of sp³-hybridized carbons (Fsp3) is 0.818. The fourth-order valence-corrected chi connectivity index (χ4v) is 5.61. The van der Waals surface area contributed by atoms with E-state index in [0.29, 0.717) is 6.42 Å². The maximum absolute atomic E-state index is 11.9. The summed E-state index contributed by atoms with van der Waals surface area (Å²) in [5.41, 5.74) is -0.484. The third-order valence-electron chi connectivity index (χ3n) is 7.38. The molecule has 1 N–H and O–H groups in total. The van der Waals surface area contributed by atoms with Crippen molar-refractivity contribution in [1.82, 2.24) is 0 Å². The molecule has 0 bridgehead atoms. The van der Waals surface area contributed by atoms with Crippen molar-refractivity contribution in [2.75, 3.05) is 0 Å². The summed E-state index contributed by atoms with van der Waals surface area (Å²) in [6.45, 7) is 9.87. The van der Waals surface area contributed by atoms with Crippen molar-refractivity contribution in [3.05, 3.63) is 11.6 Å². The summed E-state index contributed by atoms with van der Waals surface area (Å²) < 4.78 is 11.4. The summed E-state index contributed by atoms with van der Waals surface area (Å²) in [4.78, 5) is 23.4. The minimum atomic E-state index is -0.868. The van der Waals surface area contributed by atoms with E-state index >= 15 is 0 Å². The van der Waals surface area contributed by atoms with E-state index in [4.69, 9.17) is 9.47 Å². The first kappa shape index (κ1) is 20.5. The lowest BCUT2D eigenvalue weighted by molar-refractivity contribution is -0.145. The van der Waals surface area contributed by atoms with Crippen LogP contribution in [0, 0.1) is 17.3 Å². The van der Waals surface area contributed by atoms with Crippen molar-refractivity contribution in [3.63, 3.8) is 0 Å². The predicted molar refractivity (Wildman–Crippen MR) is 102 cm³/mol. The number of epoxide rings is 1. The van der Waals surface area contributed by atoms with Crippen LogP contribution in [0.3, 0.4) is 0 Å². The molecule has 1 aliphatic heterocycles. The van der Waals surface area contributed by atoms with E-state index < -0.39 is 17.3 Å². The Hall–Kier alpha value is -1.20. The number of esters is 1. The normalized spacial score (nSPS) is 46.5. The molecule has 0 radical (unpaired) electrons. The van der Waals surface area contributed by atoms with Crippen LogP contribution in [0.25, 0.3) is 0 Å². The topological polar surface area (TPSA) is 76.1 Å². The van der Waals surface area contributed by atoms with Crippen LogP contribution in [-0.4, -0.2) is 40.8 Å². The molecule has 0 aromatic rings. The quantitative estimate of drug-likeness (QED) is 0.352. The number of carbonyl (C=O) groups excluding carboxylic acids is 2. The summed E-state index contributed by atoms with van der Waals surface area (Å²) in [7, 11) is 0. The maximum atomic E-state index is 11.9. The number of fused-ring (bicyclic) bond motifs is 2. The maximum Gasteiger partial charge on any atom is 0.303 e. The molecule has 5 nitrogen and oxygen atoms in total. The lowest BCUT2D eigenvalue weighted by atomic mass is 9.67. The first-order valence-electron chi connectivity index (χ1n) is 10.3. The Morgan fingerprint density at radius 3 is 2.67 bits per heavy atom. The second-order valence-corrected chi connectivity index (χ2v) is 9.64. The highest BCUT2D eigenvalue weighted by Gasteiger charge is 2.63. The van der Waals surface area contributed by atoms with Gasteiger partial charge in [0.05, 0.1) is 11.7 Å². The van der Waals surface area contributed by atoms with Gasteiger partial charge in [0, 0.05) is 13.3 Å². The molecular formula is C22H34O5. The summed E-state index contributed by atoms with van der Waals surface area (Å²) in [6.07, 6.45) is 6.84. The summed E-state index contributed by atoms with van der Waals surface area (Å²) in [5, 5.41) is 11.5. The molecule has 0 aromatic carbocycles. The van der Waals surface area contributed by atoms with Gasteiger partial charge in [0.1, 0.15) is 6.10 Å². The van der Waals surface area contributed by atoms with Crippen LogP contribution in [0.15, 0.2) is 11.6 Å².